The smallest absolute Gasteiger partial charge is 0.293 e. The van der Waals surface area contributed by atoms with Crippen molar-refractivity contribution >= 4 is 27.3 Å². The molecule has 0 saturated carbocycles. The topological polar surface area (TPSA) is 64.4 Å². The summed E-state index contributed by atoms with van der Waals surface area (Å²) in [5.74, 6) is -0.532. The molecule has 0 unspecified atom stereocenters. The number of hydrogen-bond donors (Lipinski definition) is 1. The molecule has 0 radical (unpaired) electrons. The van der Waals surface area contributed by atoms with Crippen molar-refractivity contribution in [3.8, 4) is 0 Å². The van der Waals surface area contributed by atoms with Crippen LogP contribution < -0.4 is 5.32 Å². The molecule has 5 nitrogen and oxygen atoms in total. The van der Waals surface area contributed by atoms with Crippen LogP contribution in [-0.2, 0) is 4.74 Å². The number of hydrogen-bond acceptors (Lipinski definition) is 4. The van der Waals surface area contributed by atoms with Gasteiger partial charge in [0.1, 0.15) is 11.5 Å². The fourth-order valence-electron chi connectivity index (χ4n) is 1.47. The van der Waals surface area contributed by atoms with Gasteiger partial charge in [0, 0.05) is 31.9 Å². The molecule has 1 aromatic rings. The van der Waals surface area contributed by atoms with E-state index in [4.69, 9.17) is 4.74 Å². The Morgan fingerprint density at radius 2 is 2.21 bits per heavy atom. The molecule has 0 atom stereocenters. The number of nitrogens with one attached hydrogen (secondary N) is 1. The lowest BCUT2D eigenvalue weighted by molar-refractivity contribution is -0.384. The van der Waals surface area contributed by atoms with Crippen LogP contribution in [0.3, 0.4) is 0 Å². The lowest BCUT2D eigenvalue weighted by atomic mass is 10.2. The summed E-state index contributed by atoms with van der Waals surface area (Å²) >= 11 is 2.93. The van der Waals surface area contributed by atoms with E-state index in [9.17, 15) is 14.5 Å². The number of nitro groups is 1. The highest BCUT2D eigenvalue weighted by atomic mass is 79.9. The highest BCUT2D eigenvalue weighted by Crippen LogP contribution is 2.30. The molecule has 0 aliphatic heterocycles. The molecule has 0 amide bonds. The summed E-state index contributed by atoms with van der Waals surface area (Å²) in [4.78, 5) is 10.3. The fraction of sp³-hybridized carbons (Fsp3) is 0.500. The van der Waals surface area contributed by atoms with Crippen molar-refractivity contribution in [1.82, 2.24) is 0 Å². The molecular weight excluding hydrogens is 319 g/mol. The van der Waals surface area contributed by atoms with Gasteiger partial charge in [-0.15, -0.1) is 0 Å². The summed E-state index contributed by atoms with van der Waals surface area (Å²) in [6, 6.07) is 2.28. The first kappa shape index (κ1) is 15.8. The van der Waals surface area contributed by atoms with E-state index in [1.807, 2.05) is 6.92 Å². The molecule has 0 heterocycles. The van der Waals surface area contributed by atoms with Crippen molar-refractivity contribution in [3.63, 3.8) is 0 Å². The number of benzene rings is 1. The summed E-state index contributed by atoms with van der Waals surface area (Å²) < 4.78 is 18.7. The quantitative estimate of drug-likeness (QED) is 0.447. The van der Waals surface area contributed by atoms with E-state index in [1.165, 1.54) is 0 Å². The lowest BCUT2D eigenvalue weighted by Gasteiger charge is -2.08. The van der Waals surface area contributed by atoms with E-state index in [-0.39, 0.29) is 15.8 Å². The predicted molar refractivity (Wildman–Crippen MR) is 75.0 cm³/mol. The molecular formula is C12H16BrFN2O3. The Balaban J connectivity index is 2.57. The molecule has 0 fully saturated rings. The molecule has 1 N–H and O–H groups in total. The zero-order valence-electron chi connectivity index (χ0n) is 10.6. The number of halogens is 2. The zero-order chi connectivity index (χ0) is 14.3. The average Bonchev–Trinajstić information content (AvgIpc) is 2.37. The summed E-state index contributed by atoms with van der Waals surface area (Å²) in [7, 11) is 0. The second kappa shape index (κ2) is 8.06. The van der Waals surface area contributed by atoms with Crippen molar-refractivity contribution in [1.29, 1.82) is 0 Å². The highest BCUT2D eigenvalue weighted by Gasteiger charge is 2.16. The Kier molecular flexibility index (Phi) is 6.72. The van der Waals surface area contributed by atoms with Crippen LogP contribution in [0.25, 0.3) is 0 Å². The minimum atomic E-state index is -0.542. The summed E-state index contributed by atoms with van der Waals surface area (Å²) in [6.07, 6.45) is 1.66. The van der Waals surface area contributed by atoms with Crippen LogP contribution in [0.4, 0.5) is 15.8 Å². The molecule has 106 valence electrons. The number of nitro benzene ring substituents is 1. The third kappa shape index (κ3) is 5.12. The Morgan fingerprint density at radius 3 is 2.84 bits per heavy atom. The largest absolute Gasteiger partial charge is 0.381 e. The average molecular weight is 335 g/mol. The molecule has 0 aromatic heterocycles. The SMILES string of the molecule is CCCOCCCNc1cc(F)c(Br)cc1[N+](=O)[O-]. The van der Waals surface area contributed by atoms with E-state index in [0.717, 1.165) is 18.6 Å². The minimum absolute atomic E-state index is 0.0797. The molecule has 0 saturated heterocycles. The van der Waals surface area contributed by atoms with E-state index < -0.39 is 10.7 Å². The van der Waals surface area contributed by atoms with Crippen LogP contribution in [0.2, 0.25) is 0 Å². The molecule has 0 bridgehead atoms. The van der Waals surface area contributed by atoms with Crippen molar-refractivity contribution in [3.05, 3.63) is 32.5 Å². The number of anilines is 1. The second-order valence-electron chi connectivity index (χ2n) is 3.93. The first-order valence-electron chi connectivity index (χ1n) is 6.01. The van der Waals surface area contributed by atoms with Gasteiger partial charge in [-0.1, -0.05) is 6.92 Å². The van der Waals surface area contributed by atoms with E-state index in [2.05, 4.69) is 21.2 Å². The highest BCUT2D eigenvalue weighted by molar-refractivity contribution is 9.10. The van der Waals surface area contributed by atoms with E-state index in [0.29, 0.717) is 26.2 Å². The molecule has 7 heteroatoms. The maximum atomic E-state index is 13.4. The zero-order valence-corrected chi connectivity index (χ0v) is 12.2. The Bertz CT molecular complexity index is 443. The molecule has 0 aliphatic rings. The standard InChI is InChI=1S/C12H16BrFN2O3/c1-2-5-19-6-3-4-15-11-8-10(14)9(13)7-12(11)16(17)18/h7-8,15H,2-6H2,1H3. The van der Waals surface area contributed by atoms with Crippen LogP contribution in [0.1, 0.15) is 19.8 Å². The van der Waals surface area contributed by atoms with Gasteiger partial charge in [0.15, 0.2) is 0 Å². The van der Waals surface area contributed by atoms with Gasteiger partial charge in [0.05, 0.1) is 9.40 Å². The number of nitrogens with zero attached hydrogens (tertiary/aromatic N) is 1. The molecule has 1 aromatic carbocycles. The third-order valence-electron chi connectivity index (χ3n) is 2.36. The van der Waals surface area contributed by atoms with Crippen LogP contribution in [0, 0.1) is 15.9 Å². The van der Waals surface area contributed by atoms with E-state index in [1.54, 1.807) is 0 Å². The van der Waals surface area contributed by atoms with Crippen LogP contribution in [0.15, 0.2) is 16.6 Å². The monoisotopic (exact) mass is 334 g/mol. The summed E-state index contributed by atoms with van der Waals surface area (Å²) in [5.41, 5.74) is 0.0314. The van der Waals surface area contributed by atoms with Crippen molar-refractivity contribution in [2.75, 3.05) is 25.1 Å². The van der Waals surface area contributed by atoms with Crippen LogP contribution in [-0.4, -0.2) is 24.7 Å². The van der Waals surface area contributed by atoms with Gasteiger partial charge in [-0.2, -0.15) is 0 Å². The lowest BCUT2D eigenvalue weighted by Crippen LogP contribution is -2.08. The van der Waals surface area contributed by atoms with Gasteiger partial charge >= 0.3 is 0 Å². The number of rotatable bonds is 8. The Morgan fingerprint density at radius 1 is 1.47 bits per heavy atom. The normalized spacial score (nSPS) is 10.5. The predicted octanol–water partition coefficient (Wildman–Crippen LogP) is 3.73. The van der Waals surface area contributed by atoms with Gasteiger partial charge in [-0.25, -0.2) is 4.39 Å². The maximum Gasteiger partial charge on any atom is 0.293 e. The van der Waals surface area contributed by atoms with Gasteiger partial charge in [0.2, 0.25) is 0 Å². The van der Waals surface area contributed by atoms with Gasteiger partial charge in [-0.3, -0.25) is 10.1 Å². The minimum Gasteiger partial charge on any atom is -0.381 e. The summed E-state index contributed by atoms with van der Waals surface area (Å²) in [6.45, 7) is 3.79. The van der Waals surface area contributed by atoms with Gasteiger partial charge in [-0.05, 0) is 28.8 Å². The van der Waals surface area contributed by atoms with Crippen LogP contribution in [0.5, 0.6) is 0 Å². The first-order valence-corrected chi connectivity index (χ1v) is 6.80. The van der Waals surface area contributed by atoms with Crippen molar-refractivity contribution in [2.24, 2.45) is 0 Å². The van der Waals surface area contributed by atoms with Gasteiger partial charge in [0.25, 0.3) is 5.69 Å². The van der Waals surface area contributed by atoms with Crippen molar-refractivity contribution in [2.45, 2.75) is 19.8 Å². The third-order valence-corrected chi connectivity index (χ3v) is 2.97. The Hall–Kier alpha value is -1.21. The first-order chi connectivity index (χ1) is 9.06. The second-order valence-corrected chi connectivity index (χ2v) is 4.79. The van der Waals surface area contributed by atoms with Crippen LogP contribution >= 0.6 is 15.9 Å². The molecule has 0 spiro atoms. The van der Waals surface area contributed by atoms with Crippen molar-refractivity contribution < 1.29 is 14.1 Å². The fourth-order valence-corrected chi connectivity index (χ4v) is 1.80. The molecule has 1 rings (SSSR count). The molecule has 0 aliphatic carbocycles. The Labute approximate surface area is 119 Å². The molecule has 19 heavy (non-hydrogen) atoms. The maximum absolute atomic E-state index is 13.4. The number of ether oxygens (including phenoxy) is 1. The summed E-state index contributed by atoms with van der Waals surface area (Å²) in [5, 5.41) is 13.7. The van der Waals surface area contributed by atoms with Gasteiger partial charge < -0.3 is 10.1 Å². The van der Waals surface area contributed by atoms with E-state index >= 15 is 0 Å².